The minimum Gasteiger partial charge on any atom is -0.508 e. The SMILES string of the molecule is CC.CC.CN.N/C(=C\N(N)CCCCCCC=O)c1ccc(O)cc1. The summed E-state index contributed by atoms with van der Waals surface area (Å²) in [6.45, 7) is 8.72. The second-order valence-electron chi connectivity index (χ2n) is 4.74. The number of phenols is 1. The number of nitrogens with two attached hydrogens (primary N) is 3. The lowest BCUT2D eigenvalue weighted by atomic mass is 10.1. The van der Waals surface area contributed by atoms with Gasteiger partial charge in [-0.25, -0.2) is 5.84 Å². The number of aldehydes is 1. The number of nitrogens with zero attached hydrogens (tertiary/aromatic N) is 1. The monoisotopic (exact) mass is 368 g/mol. The van der Waals surface area contributed by atoms with E-state index in [4.69, 9.17) is 11.6 Å². The molecule has 1 rings (SSSR count). The average molecular weight is 369 g/mol. The fourth-order valence-electron chi connectivity index (χ4n) is 1.85. The van der Waals surface area contributed by atoms with Gasteiger partial charge in [-0.15, -0.1) is 0 Å². The van der Waals surface area contributed by atoms with Crippen LogP contribution in [0.5, 0.6) is 5.75 Å². The van der Waals surface area contributed by atoms with Crippen molar-refractivity contribution in [2.45, 2.75) is 59.8 Å². The van der Waals surface area contributed by atoms with Gasteiger partial charge in [0.2, 0.25) is 0 Å². The van der Waals surface area contributed by atoms with E-state index < -0.39 is 0 Å². The summed E-state index contributed by atoms with van der Waals surface area (Å²) >= 11 is 0. The maximum atomic E-state index is 10.2. The fourth-order valence-corrected chi connectivity index (χ4v) is 1.85. The van der Waals surface area contributed by atoms with Gasteiger partial charge < -0.3 is 26.4 Å². The Morgan fingerprint density at radius 1 is 1.00 bits per heavy atom. The van der Waals surface area contributed by atoms with E-state index in [1.54, 1.807) is 35.5 Å². The van der Waals surface area contributed by atoms with Crippen LogP contribution < -0.4 is 17.3 Å². The predicted molar refractivity (Wildman–Crippen MR) is 113 cm³/mol. The smallest absolute Gasteiger partial charge is 0.119 e. The van der Waals surface area contributed by atoms with Crippen LogP contribution in [0.2, 0.25) is 0 Å². The van der Waals surface area contributed by atoms with Crippen molar-refractivity contribution in [1.82, 2.24) is 5.01 Å². The van der Waals surface area contributed by atoms with Gasteiger partial charge in [-0.1, -0.05) is 40.5 Å². The Balaban J connectivity index is -0.000000795. The van der Waals surface area contributed by atoms with Crippen molar-refractivity contribution >= 4 is 12.0 Å². The Hall–Kier alpha value is -2.05. The van der Waals surface area contributed by atoms with Crippen molar-refractivity contribution < 1.29 is 9.90 Å². The van der Waals surface area contributed by atoms with E-state index in [0.29, 0.717) is 12.1 Å². The molecule has 0 aliphatic rings. The van der Waals surface area contributed by atoms with Crippen LogP contribution in [0.3, 0.4) is 0 Å². The largest absolute Gasteiger partial charge is 0.508 e. The average Bonchev–Trinajstić information content (AvgIpc) is 2.69. The highest BCUT2D eigenvalue weighted by atomic mass is 16.3. The lowest BCUT2D eigenvalue weighted by molar-refractivity contribution is -0.107. The van der Waals surface area contributed by atoms with Gasteiger partial charge in [-0.05, 0) is 49.7 Å². The number of phenolic OH excluding ortho intramolecular Hbond substituents is 1. The third-order valence-electron chi connectivity index (χ3n) is 2.99. The van der Waals surface area contributed by atoms with Gasteiger partial charge in [0.15, 0.2) is 0 Å². The number of carbonyl (C=O) groups is 1. The molecule has 7 N–H and O–H groups in total. The number of hydrogen-bond acceptors (Lipinski definition) is 6. The van der Waals surface area contributed by atoms with Crippen molar-refractivity contribution in [3.8, 4) is 5.75 Å². The maximum Gasteiger partial charge on any atom is 0.119 e. The summed E-state index contributed by atoms with van der Waals surface area (Å²) in [6.07, 6.45) is 7.29. The first-order valence-electron chi connectivity index (χ1n) is 9.43. The molecule has 26 heavy (non-hydrogen) atoms. The molecule has 0 radical (unpaired) electrons. The molecule has 0 heterocycles. The molecule has 0 aliphatic carbocycles. The Morgan fingerprint density at radius 2 is 1.50 bits per heavy atom. The molecule has 0 amide bonds. The number of carbonyl (C=O) groups excluding carboxylic acids is 1. The molecule has 0 spiro atoms. The molecule has 0 bridgehead atoms. The van der Waals surface area contributed by atoms with Gasteiger partial charge in [-0.3, -0.25) is 0 Å². The minimum absolute atomic E-state index is 0.210. The molecule has 0 saturated carbocycles. The van der Waals surface area contributed by atoms with Crippen LogP contribution in [0.4, 0.5) is 0 Å². The van der Waals surface area contributed by atoms with Crippen molar-refractivity contribution in [1.29, 1.82) is 0 Å². The fraction of sp³-hybridized carbons (Fsp3) is 0.550. The van der Waals surface area contributed by atoms with E-state index in [1.807, 2.05) is 27.7 Å². The van der Waals surface area contributed by atoms with Gasteiger partial charge in [0, 0.05) is 19.2 Å². The summed E-state index contributed by atoms with van der Waals surface area (Å²) in [5.41, 5.74) is 11.8. The highest BCUT2D eigenvalue weighted by Crippen LogP contribution is 2.14. The summed E-state index contributed by atoms with van der Waals surface area (Å²) < 4.78 is 0. The van der Waals surface area contributed by atoms with E-state index >= 15 is 0 Å². The number of benzene rings is 1. The molecular formula is C20H40N4O2. The summed E-state index contributed by atoms with van der Waals surface area (Å²) in [4.78, 5) is 10.2. The molecular weight excluding hydrogens is 328 g/mol. The van der Waals surface area contributed by atoms with E-state index in [2.05, 4.69) is 5.73 Å². The van der Waals surface area contributed by atoms with Crippen LogP contribution >= 0.6 is 0 Å². The molecule has 6 heteroatoms. The second kappa shape index (κ2) is 22.9. The molecule has 0 fully saturated rings. The van der Waals surface area contributed by atoms with Crippen molar-refractivity contribution in [2.75, 3.05) is 13.6 Å². The predicted octanol–water partition coefficient (Wildman–Crippen LogP) is 3.60. The topological polar surface area (TPSA) is 119 Å². The second-order valence-corrected chi connectivity index (χ2v) is 4.74. The molecule has 6 nitrogen and oxygen atoms in total. The van der Waals surface area contributed by atoms with Crippen LogP contribution in [0.25, 0.3) is 5.70 Å². The molecule has 1 aromatic carbocycles. The number of unbranched alkanes of at least 4 members (excludes halogenated alkanes) is 4. The maximum absolute atomic E-state index is 10.2. The molecule has 1 aromatic rings. The minimum atomic E-state index is 0.210. The summed E-state index contributed by atoms with van der Waals surface area (Å²) in [5, 5.41) is 10.8. The third kappa shape index (κ3) is 16.8. The zero-order valence-corrected chi connectivity index (χ0v) is 17.2. The van der Waals surface area contributed by atoms with Crippen LogP contribution in [0.1, 0.15) is 65.4 Å². The first kappa shape index (κ1) is 28.7. The van der Waals surface area contributed by atoms with Crippen molar-refractivity contribution in [2.24, 2.45) is 17.3 Å². The van der Waals surface area contributed by atoms with Crippen molar-refractivity contribution in [3.05, 3.63) is 36.0 Å². The Morgan fingerprint density at radius 3 is 2.00 bits per heavy atom. The Kier molecular flexibility index (Phi) is 25.4. The van der Waals surface area contributed by atoms with Crippen LogP contribution in [-0.4, -0.2) is 30.0 Å². The first-order valence-corrected chi connectivity index (χ1v) is 9.43. The normalized spacial score (nSPS) is 9.42. The quantitative estimate of drug-likeness (QED) is 0.229. The van der Waals surface area contributed by atoms with Gasteiger partial charge >= 0.3 is 0 Å². The molecule has 0 unspecified atom stereocenters. The Labute approximate surface area is 160 Å². The Bertz CT molecular complexity index is 434. The number of hydrogen-bond donors (Lipinski definition) is 4. The zero-order chi connectivity index (χ0) is 20.8. The van der Waals surface area contributed by atoms with Gasteiger partial charge in [0.25, 0.3) is 0 Å². The van der Waals surface area contributed by atoms with E-state index in [9.17, 15) is 9.90 Å². The van der Waals surface area contributed by atoms with E-state index in [1.165, 1.54) is 7.05 Å². The van der Waals surface area contributed by atoms with Crippen molar-refractivity contribution in [3.63, 3.8) is 0 Å². The highest BCUT2D eigenvalue weighted by Gasteiger charge is 2.00. The van der Waals surface area contributed by atoms with Crippen LogP contribution in [0.15, 0.2) is 30.5 Å². The number of aromatic hydroxyl groups is 1. The first-order chi connectivity index (χ1) is 12.6. The summed E-state index contributed by atoms with van der Waals surface area (Å²) in [7, 11) is 1.50. The van der Waals surface area contributed by atoms with Gasteiger partial charge in [0.1, 0.15) is 12.0 Å². The summed E-state index contributed by atoms with van der Waals surface area (Å²) in [6, 6.07) is 6.66. The third-order valence-corrected chi connectivity index (χ3v) is 2.99. The molecule has 0 aromatic heterocycles. The molecule has 152 valence electrons. The lowest BCUT2D eigenvalue weighted by Gasteiger charge is -2.15. The molecule has 0 saturated heterocycles. The van der Waals surface area contributed by atoms with Gasteiger partial charge in [-0.2, -0.15) is 0 Å². The zero-order valence-electron chi connectivity index (χ0n) is 17.2. The van der Waals surface area contributed by atoms with E-state index in [0.717, 1.165) is 44.1 Å². The highest BCUT2D eigenvalue weighted by molar-refractivity contribution is 5.62. The lowest BCUT2D eigenvalue weighted by Crippen LogP contribution is -2.27. The standard InChI is InChI=1S/C15H23N3O2.2C2H6.CH5N/c16-15(13-6-8-14(20)9-7-13)12-18(17)10-4-2-1-3-5-11-19;3*1-2/h6-9,11-12,20H,1-5,10,16-17H2;2*1-2H3;2H2,1H3/b15-12-;;;. The van der Waals surface area contributed by atoms with Crippen LogP contribution in [-0.2, 0) is 4.79 Å². The number of rotatable bonds is 9. The molecule has 0 aliphatic heterocycles. The molecule has 0 atom stereocenters. The van der Waals surface area contributed by atoms with Gasteiger partial charge in [0.05, 0.1) is 5.70 Å². The van der Waals surface area contributed by atoms with E-state index in [-0.39, 0.29) is 5.75 Å². The number of hydrazine groups is 1. The van der Waals surface area contributed by atoms with Crippen LogP contribution in [0, 0.1) is 0 Å². The summed E-state index contributed by atoms with van der Waals surface area (Å²) in [5.74, 6) is 6.06.